The van der Waals surface area contributed by atoms with Crippen molar-refractivity contribution in [1.29, 1.82) is 0 Å². The molecule has 1 aromatic rings. The van der Waals surface area contributed by atoms with Gasteiger partial charge in [-0.25, -0.2) is 0 Å². The minimum atomic E-state index is -0.351. The highest BCUT2D eigenvalue weighted by atomic mass is 16.3. The van der Waals surface area contributed by atoms with E-state index in [9.17, 15) is 5.11 Å². The molecule has 0 saturated heterocycles. The van der Waals surface area contributed by atoms with Crippen molar-refractivity contribution in [2.45, 2.75) is 25.0 Å². The van der Waals surface area contributed by atoms with E-state index in [0.717, 1.165) is 48.5 Å². The van der Waals surface area contributed by atoms with Gasteiger partial charge in [0.1, 0.15) is 0 Å². The second-order valence-electron chi connectivity index (χ2n) is 8.91. The van der Waals surface area contributed by atoms with Crippen molar-refractivity contribution >= 4 is 5.71 Å². The largest absolute Gasteiger partial charge is 0.389 e. The van der Waals surface area contributed by atoms with E-state index in [1.54, 1.807) is 0 Å². The zero-order chi connectivity index (χ0) is 14.2. The molecule has 10 atom stereocenters. The minimum absolute atomic E-state index is 0.351. The fourth-order valence-corrected chi connectivity index (χ4v) is 8.68. The summed E-state index contributed by atoms with van der Waals surface area (Å²) in [6.45, 7) is 0.814. The topological polar surface area (TPSA) is 32.6 Å². The molecule has 2 bridgehead atoms. The van der Waals surface area contributed by atoms with Gasteiger partial charge >= 0.3 is 0 Å². The van der Waals surface area contributed by atoms with Crippen LogP contribution < -0.4 is 0 Å². The van der Waals surface area contributed by atoms with Gasteiger partial charge in [-0.3, -0.25) is 4.99 Å². The summed E-state index contributed by atoms with van der Waals surface area (Å²) < 4.78 is 0. The van der Waals surface area contributed by atoms with E-state index in [0.29, 0.717) is 17.8 Å². The van der Waals surface area contributed by atoms with Gasteiger partial charge in [0.2, 0.25) is 0 Å². The van der Waals surface area contributed by atoms with E-state index in [1.165, 1.54) is 17.7 Å². The number of hydrogen-bond acceptors (Lipinski definition) is 2. The first-order valence-electron chi connectivity index (χ1n) is 9.09. The fourth-order valence-electron chi connectivity index (χ4n) is 8.68. The first kappa shape index (κ1) is 11.4. The SMILES string of the molecule is O[C@@]12CC3C4C5CC6C(C(=NCc7ccccc7)C1C3C64)C52. The smallest absolute Gasteiger partial charge is 0.0770 e. The lowest BCUT2D eigenvalue weighted by Crippen LogP contribution is -2.58. The van der Waals surface area contributed by atoms with Gasteiger partial charge in [-0.15, -0.1) is 0 Å². The third-order valence-electron chi connectivity index (χ3n) is 8.73. The number of fused-ring (bicyclic) bond motifs is 14. The van der Waals surface area contributed by atoms with Gasteiger partial charge in [0.05, 0.1) is 12.1 Å². The molecule has 0 radical (unpaired) electrons. The standard InChI is InChI=1S/C20H21NO/c22-20-7-12-13-11-6-10-14(13)15(12)18(20)19(16(10)17(11)20)21-8-9-4-2-1-3-5-9/h1-5,10-18,22H,6-8H2/t10?,11?,12?,13?,14?,15?,16?,17?,18?,20-/m1/s1. The van der Waals surface area contributed by atoms with E-state index in [4.69, 9.17) is 4.99 Å². The van der Waals surface area contributed by atoms with Gasteiger partial charge in [-0.1, -0.05) is 30.3 Å². The van der Waals surface area contributed by atoms with Crippen molar-refractivity contribution in [3.63, 3.8) is 0 Å². The van der Waals surface area contributed by atoms with E-state index in [2.05, 4.69) is 30.3 Å². The van der Waals surface area contributed by atoms with Gasteiger partial charge in [-0.05, 0) is 59.8 Å². The molecule has 112 valence electrons. The molecule has 0 aromatic heterocycles. The van der Waals surface area contributed by atoms with Crippen LogP contribution in [0.2, 0.25) is 0 Å². The van der Waals surface area contributed by atoms with Crippen molar-refractivity contribution in [2.24, 2.45) is 58.3 Å². The van der Waals surface area contributed by atoms with Crippen molar-refractivity contribution in [3.8, 4) is 0 Å². The average molecular weight is 291 g/mol. The van der Waals surface area contributed by atoms with E-state index >= 15 is 0 Å². The van der Waals surface area contributed by atoms with Crippen molar-refractivity contribution < 1.29 is 5.11 Å². The summed E-state index contributed by atoms with van der Waals surface area (Å²) in [4.78, 5) is 5.13. The molecule has 0 spiro atoms. The van der Waals surface area contributed by atoms with Crippen LogP contribution in [0.1, 0.15) is 18.4 Å². The zero-order valence-corrected chi connectivity index (χ0v) is 12.6. The van der Waals surface area contributed by atoms with Crippen LogP contribution >= 0.6 is 0 Å². The van der Waals surface area contributed by atoms with Gasteiger partial charge in [0.25, 0.3) is 0 Å². The van der Waals surface area contributed by atoms with Crippen molar-refractivity contribution in [2.75, 3.05) is 0 Å². The Morgan fingerprint density at radius 2 is 1.91 bits per heavy atom. The second-order valence-corrected chi connectivity index (χ2v) is 8.91. The molecule has 9 unspecified atom stereocenters. The van der Waals surface area contributed by atoms with Crippen LogP contribution in [0.25, 0.3) is 0 Å². The molecule has 5 saturated carbocycles. The Hall–Kier alpha value is -1.15. The summed E-state index contributed by atoms with van der Waals surface area (Å²) in [5.41, 5.74) is 2.41. The van der Waals surface area contributed by atoms with Crippen LogP contribution in [0.3, 0.4) is 0 Å². The highest BCUT2D eigenvalue weighted by molar-refractivity contribution is 5.96. The van der Waals surface area contributed by atoms with Crippen molar-refractivity contribution in [3.05, 3.63) is 35.9 Å². The Labute approximate surface area is 130 Å². The number of benzene rings is 1. The first-order valence-corrected chi connectivity index (χ1v) is 9.09. The highest BCUT2D eigenvalue weighted by Crippen LogP contribution is 2.86. The molecule has 5 aliphatic rings. The Bertz CT molecular complexity index is 726. The van der Waals surface area contributed by atoms with E-state index < -0.39 is 0 Å². The van der Waals surface area contributed by atoms with E-state index in [-0.39, 0.29) is 5.60 Å². The van der Waals surface area contributed by atoms with Crippen molar-refractivity contribution in [1.82, 2.24) is 0 Å². The molecule has 0 amide bonds. The number of nitrogens with zero attached hydrogens (tertiary/aromatic N) is 1. The molecule has 5 aliphatic carbocycles. The Kier molecular flexibility index (Phi) is 1.66. The van der Waals surface area contributed by atoms with Gasteiger partial charge in [-0.2, -0.15) is 0 Å². The molecule has 0 heterocycles. The Morgan fingerprint density at radius 1 is 1.05 bits per heavy atom. The van der Waals surface area contributed by atoms with Crippen LogP contribution in [0, 0.1) is 53.3 Å². The molecule has 2 heteroatoms. The monoisotopic (exact) mass is 291 g/mol. The summed E-state index contributed by atoms with van der Waals surface area (Å²) in [6.07, 6.45) is 2.52. The molecule has 5 fully saturated rings. The quantitative estimate of drug-likeness (QED) is 0.835. The first-order chi connectivity index (χ1) is 10.8. The predicted molar refractivity (Wildman–Crippen MR) is 83.2 cm³/mol. The average Bonchev–Trinajstić information content (AvgIpc) is 3.16. The lowest BCUT2D eigenvalue weighted by Gasteiger charge is -2.59. The Balaban J connectivity index is 1.36. The maximum atomic E-state index is 11.5. The fraction of sp³-hybridized carbons (Fsp3) is 0.650. The molecule has 0 aliphatic heterocycles. The Morgan fingerprint density at radius 3 is 2.77 bits per heavy atom. The molecular formula is C20H21NO. The van der Waals surface area contributed by atoms with E-state index in [1.807, 2.05) is 0 Å². The maximum Gasteiger partial charge on any atom is 0.0770 e. The zero-order valence-electron chi connectivity index (χ0n) is 12.6. The summed E-state index contributed by atoms with van der Waals surface area (Å²) in [5, 5.41) is 11.5. The third-order valence-corrected chi connectivity index (χ3v) is 8.73. The summed E-state index contributed by atoms with van der Waals surface area (Å²) in [7, 11) is 0. The molecule has 22 heavy (non-hydrogen) atoms. The summed E-state index contributed by atoms with van der Waals surface area (Å²) >= 11 is 0. The second kappa shape index (κ2) is 3.21. The van der Waals surface area contributed by atoms with Gasteiger partial charge in [0.15, 0.2) is 0 Å². The normalized spacial score (nSPS) is 62.4. The lowest BCUT2D eigenvalue weighted by atomic mass is 9.45. The lowest BCUT2D eigenvalue weighted by molar-refractivity contribution is -0.128. The summed E-state index contributed by atoms with van der Waals surface area (Å²) in [5.74, 6) is 7.09. The molecule has 2 nitrogen and oxygen atoms in total. The minimum Gasteiger partial charge on any atom is -0.389 e. The van der Waals surface area contributed by atoms with Crippen LogP contribution in [-0.4, -0.2) is 16.4 Å². The number of aliphatic imine (C=N–C) groups is 1. The molecular weight excluding hydrogens is 270 g/mol. The number of aliphatic hydroxyl groups is 1. The molecule has 1 aromatic carbocycles. The van der Waals surface area contributed by atoms with Crippen LogP contribution in [0.5, 0.6) is 0 Å². The summed E-state index contributed by atoms with van der Waals surface area (Å²) in [6, 6.07) is 10.6. The molecule has 1 N–H and O–H groups in total. The van der Waals surface area contributed by atoms with Gasteiger partial charge < -0.3 is 5.11 Å². The highest BCUT2D eigenvalue weighted by Gasteiger charge is 2.87. The molecule has 6 rings (SSSR count). The van der Waals surface area contributed by atoms with Crippen LogP contribution in [0.15, 0.2) is 35.3 Å². The predicted octanol–water partition coefficient (Wildman–Crippen LogP) is 2.77. The number of rotatable bonds is 2. The van der Waals surface area contributed by atoms with Gasteiger partial charge in [0, 0.05) is 17.5 Å². The maximum absolute atomic E-state index is 11.5. The van der Waals surface area contributed by atoms with Crippen LogP contribution in [-0.2, 0) is 6.54 Å². The third kappa shape index (κ3) is 0.919. The number of hydrogen-bond donors (Lipinski definition) is 1. The van der Waals surface area contributed by atoms with Crippen LogP contribution in [0.4, 0.5) is 0 Å².